The van der Waals surface area contributed by atoms with Gasteiger partial charge in [0.2, 0.25) is 15.9 Å². The van der Waals surface area contributed by atoms with E-state index in [0.717, 1.165) is 5.56 Å². The molecule has 0 radical (unpaired) electrons. The Bertz CT molecular complexity index is 880. The van der Waals surface area contributed by atoms with E-state index in [0.29, 0.717) is 6.42 Å². The van der Waals surface area contributed by atoms with Crippen molar-refractivity contribution in [3.05, 3.63) is 52.2 Å². The first-order chi connectivity index (χ1) is 12.8. The summed E-state index contributed by atoms with van der Waals surface area (Å²) in [5, 5.41) is 5.01. The number of nitrogens with zero attached hydrogens (tertiary/aromatic N) is 1. The molecule has 1 amide bonds. The fourth-order valence-electron chi connectivity index (χ4n) is 2.94. The van der Waals surface area contributed by atoms with Gasteiger partial charge in [0.15, 0.2) is 0 Å². The highest BCUT2D eigenvalue weighted by atomic mass is 32.2. The van der Waals surface area contributed by atoms with Gasteiger partial charge in [0, 0.05) is 19.0 Å². The lowest BCUT2D eigenvalue weighted by atomic mass is 10.1. The van der Waals surface area contributed by atoms with E-state index in [1.807, 2.05) is 18.4 Å². The van der Waals surface area contributed by atoms with E-state index in [1.54, 1.807) is 35.6 Å². The highest BCUT2D eigenvalue weighted by molar-refractivity contribution is 7.89. The summed E-state index contributed by atoms with van der Waals surface area (Å²) in [5.41, 5.74) is 7.07. The molecule has 146 valence electrons. The van der Waals surface area contributed by atoms with Crippen LogP contribution >= 0.6 is 11.3 Å². The molecule has 3 unspecified atom stereocenters. The standard InChI is InChI=1S/C18H24N4O3S2/c1-12(13-6-8-14(9-7-13)27(24,25)22(2)3)19-18(23)16-11-15(20-21-16)17-5-4-10-26-17/h4-10,12,15-16,20-21H,11H2,1-3H3,(H,19,23). The minimum atomic E-state index is -3.45. The molecule has 0 bridgehead atoms. The number of hydrazine groups is 1. The van der Waals surface area contributed by atoms with Crippen molar-refractivity contribution < 1.29 is 13.2 Å². The molecule has 3 rings (SSSR count). The number of rotatable bonds is 6. The lowest BCUT2D eigenvalue weighted by molar-refractivity contribution is -0.123. The fraction of sp³-hybridized carbons (Fsp3) is 0.389. The summed E-state index contributed by atoms with van der Waals surface area (Å²) in [5.74, 6) is -0.0842. The number of amides is 1. The van der Waals surface area contributed by atoms with Gasteiger partial charge in [0.25, 0.3) is 0 Å². The summed E-state index contributed by atoms with van der Waals surface area (Å²) < 4.78 is 25.4. The van der Waals surface area contributed by atoms with Crippen LogP contribution in [0.2, 0.25) is 0 Å². The first-order valence-corrected chi connectivity index (χ1v) is 11.0. The number of nitrogens with one attached hydrogen (secondary N) is 3. The highest BCUT2D eigenvalue weighted by Crippen LogP contribution is 2.26. The van der Waals surface area contributed by atoms with Gasteiger partial charge in [-0.2, -0.15) is 0 Å². The normalized spacial score (nSPS) is 21.3. The predicted octanol–water partition coefficient (Wildman–Crippen LogP) is 1.78. The molecule has 0 spiro atoms. The average molecular weight is 409 g/mol. The number of carbonyl (C=O) groups excluding carboxylic acids is 1. The molecule has 1 aromatic heterocycles. The molecule has 1 aromatic carbocycles. The van der Waals surface area contributed by atoms with E-state index in [4.69, 9.17) is 0 Å². The number of benzene rings is 1. The van der Waals surface area contributed by atoms with Crippen LogP contribution in [0.4, 0.5) is 0 Å². The van der Waals surface area contributed by atoms with Gasteiger partial charge >= 0.3 is 0 Å². The van der Waals surface area contributed by atoms with E-state index >= 15 is 0 Å². The Morgan fingerprint density at radius 3 is 2.52 bits per heavy atom. The van der Waals surface area contributed by atoms with Crippen molar-refractivity contribution in [3.8, 4) is 0 Å². The third kappa shape index (κ3) is 4.39. The minimum Gasteiger partial charge on any atom is -0.348 e. The molecule has 27 heavy (non-hydrogen) atoms. The molecule has 1 fully saturated rings. The zero-order chi connectivity index (χ0) is 19.6. The van der Waals surface area contributed by atoms with Crippen molar-refractivity contribution in [1.82, 2.24) is 20.5 Å². The van der Waals surface area contributed by atoms with Gasteiger partial charge in [-0.05, 0) is 42.5 Å². The number of hydrogen-bond donors (Lipinski definition) is 3. The Balaban J connectivity index is 1.60. The third-order valence-electron chi connectivity index (χ3n) is 4.62. The van der Waals surface area contributed by atoms with Crippen LogP contribution in [0, 0.1) is 0 Å². The van der Waals surface area contributed by atoms with E-state index in [-0.39, 0.29) is 28.9 Å². The van der Waals surface area contributed by atoms with Crippen LogP contribution < -0.4 is 16.2 Å². The van der Waals surface area contributed by atoms with Gasteiger partial charge in [-0.3, -0.25) is 4.79 Å². The lowest BCUT2D eigenvalue weighted by Crippen LogP contribution is -2.43. The van der Waals surface area contributed by atoms with Crippen LogP contribution in [-0.4, -0.2) is 38.8 Å². The number of carbonyl (C=O) groups is 1. The smallest absolute Gasteiger partial charge is 0.242 e. The van der Waals surface area contributed by atoms with Crippen LogP contribution in [0.25, 0.3) is 0 Å². The molecule has 7 nitrogen and oxygen atoms in total. The number of thiophene rings is 1. The van der Waals surface area contributed by atoms with Crippen LogP contribution in [0.5, 0.6) is 0 Å². The second kappa shape index (κ2) is 8.07. The monoisotopic (exact) mass is 408 g/mol. The Morgan fingerprint density at radius 1 is 1.22 bits per heavy atom. The minimum absolute atomic E-state index is 0.0842. The van der Waals surface area contributed by atoms with Gasteiger partial charge in [0.1, 0.15) is 6.04 Å². The van der Waals surface area contributed by atoms with Crippen LogP contribution in [0.1, 0.15) is 35.9 Å². The first-order valence-electron chi connectivity index (χ1n) is 8.66. The van der Waals surface area contributed by atoms with E-state index in [9.17, 15) is 13.2 Å². The summed E-state index contributed by atoms with van der Waals surface area (Å²) in [6.45, 7) is 1.88. The fourth-order valence-corrected chi connectivity index (χ4v) is 4.63. The van der Waals surface area contributed by atoms with Gasteiger partial charge in [-0.15, -0.1) is 11.3 Å². The number of sulfonamides is 1. The lowest BCUT2D eigenvalue weighted by Gasteiger charge is -2.18. The Morgan fingerprint density at radius 2 is 1.93 bits per heavy atom. The maximum absolute atomic E-state index is 12.5. The molecule has 2 aromatic rings. The summed E-state index contributed by atoms with van der Waals surface area (Å²) in [4.78, 5) is 14.0. The van der Waals surface area contributed by atoms with Crippen molar-refractivity contribution in [2.75, 3.05) is 14.1 Å². The van der Waals surface area contributed by atoms with E-state index in [2.05, 4.69) is 22.2 Å². The molecule has 1 saturated heterocycles. The van der Waals surface area contributed by atoms with Crippen LogP contribution in [0.3, 0.4) is 0 Å². The van der Waals surface area contributed by atoms with Crippen molar-refractivity contribution in [3.63, 3.8) is 0 Å². The predicted molar refractivity (Wildman–Crippen MR) is 106 cm³/mol. The Labute approximate surface area is 163 Å². The van der Waals surface area contributed by atoms with Crippen molar-refractivity contribution >= 4 is 27.3 Å². The van der Waals surface area contributed by atoms with E-state index < -0.39 is 10.0 Å². The van der Waals surface area contributed by atoms with Crippen molar-refractivity contribution in [2.24, 2.45) is 0 Å². The zero-order valence-electron chi connectivity index (χ0n) is 15.5. The molecule has 1 aliphatic rings. The SMILES string of the molecule is CC(NC(=O)C1CC(c2cccs2)NN1)c1ccc(S(=O)(=O)N(C)C)cc1. The zero-order valence-corrected chi connectivity index (χ0v) is 17.1. The molecule has 3 atom stereocenters. The summed E-state index contributed by atoms with van der Waals surface area (Å²) in [6.07, 6.45) is 0.680. The van der Waals surface area contributed by atoms with Crippen LogP contribution in [0.15, 0.2) is 46.7 Å². The largest absolute Gasteiger partial charge is 0.348 e. The van der Waals surface area contributed by atoms with Gasteiger partial charge in [-0.25, -0.2) is 23.6 Å². The molecular formula is C18H24N4O3S2. The van der Waals surface area contributed by atoms with Gasteiger partial charge in [-0.1, -0.05) is 18.2 Å². The molecule has 1 aliphatic heterocycles. The van der Waals surface area contributed by atoms with Gasteiger partial charge in [0.05, 0.1) is 17.0 Å². The summed E-state index contributed by atoms with van der Waals surface area (Å²) >= 11 is 1.66. The number of hydrogen-bond acceptors (Lipinski definition) is 6. The molecule has 2 heterocycles. The van der Waals surface area contributed by atoms with Crippen LogP contribution in [-0.2, 0) is 14.8 Å². The molecule has 9 heteroatoms. The molecule has 3 N–H and O–H groups in total. The Kier molecular flexibility index (Phi) is 5.97. The molecule has 0 saturated carbocycles. The summed E-state index contributed by atoms with van der Waals surface area (Å²) in [7, 11) is -0.458. The van der Waals surface area contributed by atoms with Gasteiger partial charge < -0.3 is 5.32 Å². The van der Waals surface area contributed by atoms with Crippen molar-refractivity contribution in [1.29, 1.82) is 0 Å². The maximum Gasteiger partial charge on any atom is 0.242 e. The van der Waals surface area contributed by atoms with Crippen molar-refractivity contribution in [2.45, 2.75) is 36.4 Å². The second-order valence-corrected chi connectivity index (χ2v) is 9.86. The highest BCUT2D eigenvalue weighted by Gasteiger charge is 2.31. The average Bonchev–Trinajstić information content (AvgIpc) is 3.33. The maximum atomic E-state index is 12.5. The first kappa shape index (κ1) is 20.0. The molecular weight excluding hydrogens is 384 g/mol. The quantitative estimate of drug-likeness (QED) is 0.678. The van der Waals surface area contributed by atoms with E-state index in [1.165, 1.54) is 23.3 Å². The summed E-state index contributed by atoms with van der Waals surface area (Å²) in [6, 6.07) is 10.2. The topological polar surface area (TPSA) is 90.5 Å². The Hall–Kier alpha value is -1.78. The third-order valence-corrected chi connectivity index (χ3v) is 7.44. The molecule has 0 aliphatic carbocycles. The second-order valence-electron chi connectivity index (χ2n) is 6.73.